The second-order valence-corrected chi connectivity index (χ2v) is 11.2. The number of carbonyl (C=O) groups is 2. The Morgan fingerprint density at radius 2 is 1.68 bits per heavy atom. The molecule has 1 N–H and O–H groups in total. The Morgan fingerprint density at radius 1 is 0.976 bits per heavy atom. The standard InChI is InChI=1S/C31H32ClN5O3S/c1-40-25-13-11-24(12-14-25)30(39)33-20-28-34-35-31(37(28)27-10-6-5-9-26(27)32)41-21-29(38)36-17-15-23(16-18-36)19-22-7-3-2-4-8-22/h2-14,23H,15-21H2,1H3,(H,33,39). The highest BCUT2D eigenvalue weighted by Gasteiger charge is 2.24. The van der Waals surface area contributed by atoms with E-state index in [-0.39, 0.29) is 24.1 Å². The van der Waals surface area contributed by atoms with Gasteiger partial charge in [-0.2, -0.15) is 0 Å². The van der Waals surface area contributed by atoms with Crippen molar-refractivity contribution in [2.75, 3.05) is 26.0 Å². The highest BCUT2D eigenvalue weighted by atomic mass is 35.5. The Morgan fingerprint density at radius 3 is 2.39 bits per heavy atom. The van der Waals surface area contributed by atoms with E-state index in [9.17, 15) is 9.59 Å². The first-order chi connectivity index (χ1) is 20.0. The second kappa shape index (κ2) is 13.7. The van der Waals surface area contributed by atoms with Crippen molar-refractivity contribution in [1.29, 1.82) is 0 Å². The number of nitrogens with one attached hydrogen (secondary N) is 1. The zero-order valence-electron chi connectivity index (χ0n) is 22.8. The van der Waals surface area contributed by atoms with Gasteiger partial charge < -0.3 is 15.0 Å². The number of hydrogen-bond donors (Lipinski definition) is 1. The van der Waals surface area contributed by atoms with E-state index < -0.39 is 0 Å². The summed E-state index contributed by atoms with van der Waals surface area (Å²) in [5.41, 5.74) is 2.54. The maximum Gasteiger partial charge on any atom is 0.251 e. The number of nitrogens with zero attached hydrogens (tertiary/aromatic N) is 4. The average Bonchev–Trinajstić information content (AvgIpc) is 3.42. The SMILES string of the molecule is COc1ccc(C(=O)NCc2nnc(SCC(=O)N3CCC(Cc4ccccc4)CC3)n2-c2ccccc2Cl)cc1. The second-order valence-electron chi connectivity index (χ2n) is 9.90. The number of benzene rings is 3. The van der Waals surface area contributed by atoms with Gasteiger partial charge in [-0.1, -0.05) is 65.8 Å². The summed E-state index contributed by atoms with van der Waals surface area (Å²) in [6, 6.07) is 24.8. The Bertz CT molecular complexity index is 1470. The zero-order valence-corrected chi connectivity index (χ0v) is 24.4. The van der Waals surface area contributed by atoms with E-state index >= 15 is 0 Å². The summed E-state index contributed by atoms with van der Waals surface area (Å²) in [6.45, 7) is 1.65. The summed E-state index contributed by atoms with van der Waals surface area (Å²) < 4.78 is 6.97. The first kappa shape index (κ1) is 28.7. The molecule has 1 aliphatic heterocycles. The van der Waals surface area contributed by atoms with Crippen LogP contribution >= 0.6 is 23.4 Å². The van der Waals surface area contributed by atoms with Gasteiger partial charge in [0.25, 0.3) is 5.91 Å². The third kappa shape index (κ3) is 7.28. The third-order valence-electron chi connectivity index (χ3n) is 7.21. The molecule has 0 radical (unpaired) electrons. The highest BCUT2D eigenvalue weighted by molar-refractivity contribution is 7.99. The molecule has 0 atom stereocenters. The smallest absolute Gasteiger partial charge is 0.251 e. The fourth-order valence-electron chi connectivity index (χ4n) is 4.94. The van der Waals surface area contributed by atoms with Crippen molar-refractivity contribution in [3.05, 3.63) is 101 Å². The molecule has 0 spiro atoms. The molecule has 1 aromatic heterocycles. The number of thioether (sulfide) groups is 1. The monoisotopic (exact) mass is 589 g/mol. The van der Waals surface area contributed by atoms with Crippen molar-refractivity contribution in [3.63, 3.8) is 0 Å². The van der Waals surface area contributed by atoms with E-state index in [1.807, 2.05) is 29.2 Å². The van der Waals surface area contributed by atoms with Crippen LogP contribution in [-0.2, 0) is 17.8 Å². The van der Waals surface area contributed by atoms with Gasteiger partial charge in [0.05, 0.1) is 30.1 Å². The molecular formula is C31H32ClN5O3S. The normalized spacial score (nSPS) is 13.7. The van der Waals surface area contributed by atoms with E-state index in [1.165, 1.54) is 17.3 Å². The molecule has 0 unspecified atom stereocenters. The number of aromatic nitrogens is 3. The number of methoxy groups -OCH3 is 1. The van der Waals surface area contributed by atoms with Crippen LogP contribution in [0.2, 0.25) is 5.02 Å². The lowest BCUT2D eigenvalue weighted by Gasteiger charge is -2.32. The third-order valence-corrected chi connectivity index (χ3v) is 8.45. The van der Waals surface area contributed by atoms with Crippen LogP contribution in [-0.4, -0.2) is 57.4 Å². The van der Waals surface area contributed by atoms with Crippen LogP contribution < -0.4 is 10.1 Å². The van der Waals surface area contributed by atoms with Crippen LogP contribution in [0.1, 0.15) is 34.6 Å². The number of likely N-dealkylation sites (tertiary alicyclic amines) is 1. The van der Waals surface area contributed by atoms with Gasteiger partial charge in [-0.25, -0.2) is 0 Å². The predicted molar refractivity (Wildman–Crippen MR) is 161 cm³/mol. The lowest BCUT2D eigenvalue weighted by atomic mass is 9.90. The molecule has 0 saturated carbocycles. The number of halogens is 1. The van der Waals surface area contributed by atoms with E-state index in [0.717, 1.165) is 32.4 Å². The van der Waals surface area contributed by atoms with E-state index in [1.54, 1.807) is 42.0 Å². The maximum atomic E-state index is 13.1. The predicted octanol–water partition coefficient (Wildman–Crippen LogP) is 5.43. The van der Waals surface area contributed by atoms with Gasteiger partial charge >= 0.3 is 0 Å². The fourth-order valence-corrected chi connectivity index (χ4v) is 6.03. The number of amides is 2. The first-order valence-electron chi connectivity index (χ1n) is 13.6. The quantitative estimate of drug-likeness (QED) is 0.248. The van der Waals surface area contributed by atoms with E-state index in [0.29, 0.717) is 38.9 Å². The minimum Gasteiger partial charge on any atom is -0.497 e. The van der Waals surface area contributed by atoms with E-state index in [4.69, 9.17) is 16.3 Å². The zero-order chi connectivity index (χ0) is 28.6. The van der Waals surface area contributed by atoms with Crippen molar-refractivity contribution in [2.24, 2.45) is 5.92 Å². The molecule has 5 rings (SSSR count). The lowest BCUT2D eigenvalue weighted by molar-refractivity contribution is -0.129. The Balaban J connectivity index is 1.22. The molecule has 1 saturated heterocycles. The van der Waals surface area contributed by atoms with Crippen LogP contribution in [0.3, 0.4) is 0 Å². The molecule has 212 valence electrons. The first-order valence-corrected chi connectivity index (χ1v) is 14.9. The van der Waals surface area contributed by atoms with E-state index in [2.05, 4.69) is 39.8 Å². The molecule has 41 heavy (non-hydrogen) atoms. The molecule has 1 fully saturated rings. The molecule has 3 aromatic carbocycles. The summed E-state index contributed by atoms with van der Waals surface area (Å²) in [4.78, 5) is 27.8. The lowest BCUT2D eigenvalue weighted by Crippen LogP contribution is -2.39. The van der Waals surface area contributed by atoms with Gasteiger partial charge in [-0.05, 0) is 67.1 Å². The maximum absolute atomic E-state index is 13.1. The minimum atomic E-state index is -0.249. The molecule has 0 bridgehead atoms. The van der Waals surface area contributed by atoms with Crippen LogP contribution in [0, 0.1) is 5.92 Å². The van der Waals surface area contributed by atoms with Gasteiger partial charge in [0.2, 0.25) is 5.91 Å². The number of rotatable bonds is 10. The number of para-hydroxylation sites is 1. The van der Waals surface area contributed by atoms with Gasteiger partial charge in [0, 0.05) is 18.7 Å². The van der Waals surface area contributed by atoms with Crippen molar-refractivity contribution < 1.29 is 14.3 Å². The Hall–Kier alpha value is -3.82. The van der Waals surface area contributed by atoms with Gasteiger partial charge in [0.15, 0.2) is 11.0 Å². The number of carbonyl (C=O) groups excluding carboxylic acids is 2. The largest absolute Gasteiger partial charge is 0.497 e. The molecular weight excluding hydrogens is 558 g/mol. The van der Waals surface area contributed by atoms with Crippen molar-refractivity contribution >= 4 is 35.2 Å². The highest BCUT2D eigenvalue weighted by Crippen LogP contribution is 2.28. The number of ether oxygens (including phenoxy) is 1. The van der Waals surface area contributed by atoms with Crippen molar-refractivity contribution in [2.45, 2.75) is 31.0 Å². The van der Waals surface area contributed by atoms with Crippen LogP contribution in [0.25, 0.3) is 5.69 Å². The molecule has 2 heterocycles. The summed E-state index contributed by atoms with van der Waals surface area (Å²) in [6.07, 6.45) is 3.05. The number of piperidine rings is 1. The van der Waals surface area contributed by atoms with Crippen molar-refractivity contribution in [3.8, 4) is 11.4 Å². The summed E-state index contributed by atoms with van der Waals surface area (Å²) in [5, 5.41) is 12.7. The summed E-state index contributed by atoms with van der Waals surface area (Å²) in [5.74, 6) is 1.85. The van der Waals surface area contributed by atoms with Gasteiger partial charge in [-0.3, -0.25) is 14.2 Å². The minimum absolute atomic E-state index is 0.0798. The van der Waals surface area contributed by atoms with Crippen molar-refractivity contribution in [1.82, 2.24) is 25.0 Å². The number of hydrogen-bond acceptors (Lipinski definition) is 6. The molecule has 0 aliphatic carbocycles. The fraction of sp³-hybridized carbons (Fsp3) is 0.290. The van der Waals surface area contributed by atoms with Crippen LogP contribution in [0.15, 0.2) is 84.0 Å². The average molecular weight is 590 g/mol. The Labute approximate surface area is 249 Å². The molecule has 8 nitrogen and oxygen atoms in total. The summed E-state index contributed by atoms with van der Waals surface area (Å²) >= 11 is 7.87. The molecule has 1 aliphatic rings. The van der Waals surface area contributed by atoms with Crippen LogP contribution in [0.4, 0.5) is 0 Å². The summed E-state index contributed by atoms with van der Waals surface area (Å²) in [7, 11) is 1.58. The molecule has 10 heteroatoms. The molecule has 2 amide bonds. The molecule has 4 aromatic rings. The topological polar surface area (TPSA) is 89.3 Å². The van der Waals surface area contributed by atoms with Crippen LogP contribution in [0.5, 0.6) is 5.75 Å². The van der Waals surface area contributed by atoms with Gasteiger partial charge in [0.1, 0.15) is 5.75 Å². The van der Waals surface area contributed by atoms with Gasteiger partial charge in [-0.15, -0.1) is 10.2 Å². The Kier molecular flexibility index (Phi) is 9.59.